The fraction of sp³-hybridized carbons (Fsp3) is 0.0833. The Kier molecular flexibility index (Phi) is 3.86. The predicted molar refractivity (Wildman–Crippen MR) is 67.6 cm³/mol. The SMILES string of the molecule is C=C(Cl)CSc1ncc(-c2ccc(F)cc2)o1. The van der Waals surface area contributed by atoms with E-state index in [1.165, 1.54) is 23.9 Å². The Bertz CT molecular complexity index is 524. The van der Waals surface area contributed by atoms with Gasteiger partial charge in [-0.05, 0) is 24.3 Å². The molecule has 0 radical (unpaired) electrons. The van der Waals surface area contributed by atoms with Gasteiger partial charge in [0.05, 0.1) is 6.20 Å². The van der Waals surface area contributed by atoms with Crippen molar-refractivity contribution in [1.29, 1.82) is 0 Å². The zero-order valence-electron chi connectivity index (χ0n) is 8.82. The number of halogens is 2. The molecule has 5 heteroatoms. The zero-order valence-corrected chi connectivity index (χ0v) is 10.4. The second kappa shape index (κ2) is 5.38. The molecule has 0 aliphatic carbocycles. The van der Waals surface area contributed by atoms with Gasteiger partial charge in [0, 0.05) is 16.3 Å². The molecule has 1 heterocycles. The number of hydrogen-bond acceptors (Lipinski definition) is 3. The van der Waals surface area contributed by atoms with Crippen molar-refractivity contribution in [2.45, 2.75) is 5.22 Å². The van der Waals surface area contributed by atoms with E-state index < -0.39 is 0 Å². The van der Waals surface area contributed by atoms with E-state index in [4.69, 9.17) is 16.0 Å². The minimum Gasteiger partial charge on any atom is -0.431 e. The van der Waals surface area contributed by atoms with Gasteiger partial charge < -0.3 is 4.42 Å². The van der Waals surface area contributed by atoms with E-state index >= 15 is 0 Å². The fourth-order valence-corrected chi connectivity index (χ4v) is 1.93. The first-order chi connectivity index (χ1) is 8.15. The molecule has 0 atom stereocenters. The third-order valence-electron chi connectivity index (χ3n) is 1.97. The molecule has 0 amide bonds. The molecule has 0 aliphatic rings. The Morgan fingerprint density at radius 1 is 1.41 bits per heavy atom. The van der Waals surface area contributed by atoms with Gasteiger partial charge in [-0.1, -0.05) is 29.9 Å². The number of rotatable bonds is 4. The standard InChI is InChI=1S/C12H9ClFNOS/c1-8(13)7-17-12-15-6-11(16-12)9-2-4-10(14)5-3-9/h2-6H,1,7H2. The van der Waals surface area contributed by atoms with Crippen LogP contribution in [0.5, 0.6) is 0 Å². The number of nitrogens with zero attached hydrogens (tertiary/aromatic N) is 1. The maximum absolute atomic E-state index is 12.7. The molecule has 17 heavy (non-hydrogen) atoms. The molecule has 2 rings (SSSR count). The van der Waals surface area contributed by atoms with Crippen LogP contribution >= 0.6 is 23.4 Å². The fourth-order valence-electron chi connectivity index (χ4n) is 1.21. The van der Waals surface area contributed by atoms with Crippen LogP contribution in [0.15, 0.2) is 51.7 Å². The summed E-state index contributed by atoms with van der Waals surface area (Å²) in [6.45, 7) is 3.58. The smallest absolute Gasteiger partial charge is 0.256 e. The molecule has 88 valence electrons. The highest BCUT2D eigenvalue weighted by atomic mass is 35.5. The van der Waals surface area contributed by atoms with Crippen molar-refractivity contribution in [1.82, 2.24) is 4.98 Å². The van der Waals surface area contributed by atoms with Crippen LogP contribution in [-0.2, 0) is 0 Å². The minimum absolute atomic E-state index is 0.277. The zero-order chi connectivity index (χ0) is 12.3. The van der Waals surface area contributed by atoms with Gasteiger partial charge in [0.15, 0.2) is 5.76 Å². The summed E-state index contributed by atoms with van der Waals surface area (Å²) in [6.07, 6.45) is 1.60. The Morgan fingerprint density at radius 3 is 2.76 bits per heavy atom. The average Bonchev–Trinajstić information content (AvgIpc) is 2.76. The van der Waals surface area contributed by atoms with E-state index in [-0.39, 0.29) is 5.82 Å². The van der Waals surface area contributed by atoms with Gasteiger partial charge in [-0.3, -0.25) is 0 Å². The van der Waals surface area contributed by atoms with Gasteiger partial charge in [0.1, 0.15) is 5.82 Å². The summed E-state index contributed by atoms with van der Waals surface area (Å²) in [4.78, 5) is 4.09. The summed E-state index contributed by atoms with van der Waals surface area (Å²) in [5, 5.41) is 1.06. The highest BCUT2D eigenvalue weighted by Crippen LogP contribution is 2.26. The number of benzene rings is 1. The average molecular weight is 270 g/mol. The van der Waals surface area contributed by atoms with E-state index in [1.807, 2.05) is 0 Å². The number of oxazole rings is 1. The molecule has 0 unspecified atom stereocenters. The second-order valence-corrected chi connectivity index (χ2v) is 4.76. The van der Waals surface area contributed by atoms with Crippen molar-refractivity contribution in [3.8, 4) is 11.3 Å². The minimum atomic E-state index is -0.277. The molecule has 0 bridgehead atoms. The molecule has 0 spiro atoms. The predicted octanol–water partition coefficient (Wildman–Crippen LogP) is 4.33. The maximum atomic E-state index is 12.7. The van der Waals surface area contributed by atoms with E-state index in [0.29, 0.717) is 21.8 Å². The van der Waals surface area contributed by atoms with Crippen LogP contribution in [-0.4, -0.2) is 10.7 Å². The molecular formula is C12H9ClFNOS. The molecule has 0 saturated heterocycles. The molecule has 0 N–H and O–H groups in total. The molecule has 0 fully saturated rings. The summed E-state index contributed by atoms with van der Waals surface area (Å²) < 4.78 is 18.2. The van der Waals surface area contributed by atoms with E-state index in [2.05, 4.69) is 11.6 Å². The summed E-state index contributed by atoms with van der Waals surface area (Å²) in [7, 11) is 0. The van der Waals surface area contributed by atoms with Crippen molar-refractivity contribution < 1.29 is 8.81 Å². The monoisotopic (exact) mass is 269 g/mol. The lowest BCUT2D eigenvalue weighted by Crippen LogP contribution is -1.76. The Hall–Kier alpha value is -1.26. The van der Waals surface area contributed by atoms with Crippen molar-refractivity contribution in [2.75, 3.05) is 5.75 Å². The first-order valence-corrected chi connectivity index (χ1v) is 6.19. The van der Waals surface area contributed by atoms with Crippen LogP contribution in [0.25, 0.3) is 11.3 Å². The highest BCUT2D eigenvalue weighted by Gasteiger charge is 2.07. The number of aromatic nitrogens is 1. The lowest BCUT2D eigenvalue weighted by molar-refractivity contribution is 0.466. The number of hydrogen-bond donors (Lipinski definition) is 0. The summed E-state index contributed by atoms with van der Waals surface area (Å²) in [5.41, 5.74) is 0.787. The van der Waals surface area contributed by atoms with Crippen molar-refractivity contribution in [3.63, 3.8) is 0 Å². The molecule has 2 nitrogen and oxygen atoms in total. The van der Waals surface area contributed by atoms with E-state index in [0.717, 1.165) is 5.56 Å². The Labute approximate surface area is 107 Å². The third-order valence-corrected chi connectivity index (χ3v) is 3.19. The maximum Gasteiger partial charge on any atom is 0.256 e. The van der Waals surface area contributed by atoms with Crippen LogP contribution in [0.2, 0.25) is 0 Å². The number of thioether (sulfide) groups is 1. The van der Waals surface area contributed by atoms with Gasteiger partial charge in [-0.15, -0.1) is 0 Å². The van der Waals surface area contributed by atoms with E-state index in [9.17, 15) is 4.39 Å². The van der Waals surface area contributed by atoms with Crippen molar-refractivity contribution in [2.24, 2.45) is 0 Å². The third kappa shape index (κ3) is 3.35. The second-order valence-electron chi connectivity index (χ2n) is 3.30. The van der Waals surface area contributed by atoms with Gasteiger partial charge in [-0.25, -0.2) is 9.37 Å². The van der Waals surface area contributed by atoms with Gasteiger partial charge in [-0.2, -0.15) is 0 Å². The summed E-state index contributed by atoms with van der Waals surface area (Å²) in [5.74, 6) is 0.874. The van der Waals surface area contributed by atoms with Gasteiger partial charge in [0.25, 0.3) is 5.22 Å². The highest BCUT2D eigenvalue weighted by molar-refractivity contribution is 7.99. The topological polar surface area (TPSA) is 26.0 Å². The molecule has 1 aromatic carbocycles. The van der Waals surface area contributed by atoms with Gasteiger partial charge in [0.2, 0.25) is 0 Å². The molecular weight excluding hydrogens is 261 g/mol. The summed E-state index contributed by atoms with van der Waals surface area (Å²) in [6, 6.07) is 6.05. The van der Waals surface area contributed by atoms with E-state index in [1.54, 1.807) is 18.3 Å². The van der Waals surface area contributed by atoms with Gasteiger partial charge >= 0.3 is 0 Å². The van der Waals surface area contributed by atoms with Crippen molar-refractivity contribution >= 4 is 23.4 Å². The Balaban J connectivity index is 2.12. The van der Waals surface area contributed by atoms with Crippen LogP contribution in [0.4, 0.5) is 4.39 Å². The lowest BCUT2D eigenvalue weighted by atomic mass is 10.2. The molecule has 1 aromatic heterocycles. The van der Waals surface area contributed by atoms with Crippen LogP contribution in [0.3, 0.4) is 0 Å². The molecule has 2 aromatic rings. The van der Waals surface area contributed by atoms with Crippen LogP contribution < -0.4 is 0 Å². The molecule has 0 saturated carbocycles. The largest absolute Gasteiger partial charge is 0.431 e. The quantitative estimate of drug-likeness (QED) is 0.773. The summed E-state index contributed by atoms with van der Waals surface area (Å²) >= 11 is 7.01. The lowest BCUT2D eigenvalue weighted by Gasteiger charge is -1.95. The van der Waals surface area contributed by atoms with Crippen molar-refractivity contribution in [3.05, 3.63) is 47.9 Å². The first kappa shape index (κ1) is 12.2. The Morgan fingerprint density at radius 2 is 2.12 bits per heavy atom. The molecule has 0 aliphatic heterocycles. The first-order valence-electron chi connectivity index (χ1n) is 4.83. The van der Waals surface area contributed by atoms with Crippen LogP contribution in [0.1, 0.15) is 0 Å². The van der Waals surface area contributed by atoms with Crippen LogP contribution in [0, 0.1) is 5.82 Å². The normalized spacial score (nSPS) is 10.5.